The van der Waals surface area contributed by atoms with E-state index < -0.39 is 0 Å². The molecule has 1 N–H and O–H groups in total. The molecule has 0 bridgehead atoms. The summed E-state index contributed by atoms with van der Waals surface area (Å²) in [5.74, 6) is 0.966. The summed E-state index contributed by atoms with van der Waals surface area (Å²) in [6.07, 6.45) is 0. The largest absolute Gasteiger partial charge is 0.489 e. The summed E-state index contributed by atoms with van der Waals surface area (Å²) in [4.78, 5) is 1.33. The Labute approximate surface area is 98.9 Å². The van der Waals surface area contributed by atoms with Gasteiger partial charge in [-0.1, -0.05) is 12.1 Å². The van der Waals surface area contributed by atoms with Crippen LogP contribution in [-0.4, -0.2) is 6.61 Å². The number of ether oxygens (including phenoxy) is 1. The summed E-state index contributed by atoms with van der Waals surface area (Å²) in [5.41, 5.74) is 2.32. The highest BCUT2D eigenvalue weighted by Gasteiger charge is 2.20. The van der Waals surface area contributed by atoms with E-state index in [2.05, 4.69) is 48.0 Å². The van der Waals surface area contributed by atoms with Crippen LogP contribution in [0.4, 0.5) is 5.69 Å². The summed E-state index contributed by atoms with van der Waals surface area (Å²) in [6, 6.07) is 10.8. The zero-order valence-electron chi connectivity index (χ0n) is 9.07. The number of rotatable bonds is 1. The Balaban J connectivity index is 1.89. The molecule has 2 aromatic rings. The van der Waals surface area contributed by atoms with Crippen molar-refractivity contribution in [1.82, 2.24) is 0 Å². The summed E-state index contributed by atoms with van der Waals surface area (Å²) in [7, 11) is 0. The molecule has 1 aromatic carbocycles. The Morgan fingerprint density at radius 2 is 2.31 bits per heavy atom. The van der Waals surface area contributed by atoms with Crippen LogP contribution in [0.5, 0.6) is 5.75 Å². The van der Waals surface area contributed by atoms with E-state index in [4.69, 9.17) is 4.74 Å². The van der Waals surface area contributed by atoms with E-state index in [0.29, 0.717) is 6.61 Å². The highest BCUT2D eigenvalue weighted by Crippen LogP contribution is 2.35. The Morgan fingerprint density at radius 1 is 1.38 bits per heavy atom. The fourth-order valence-corrected chi connectivity index (χ4v) is 2.68. The average Bonchev–Trinajstić information content (AvgIpc) is 2.82. The van der Waals surface area contributed by atoms with Crippen molar-refractivity contribution in [2.75, 3.05) is 11.9 Å². The van der Waals surface area contributed by atoms with E-state index in [1.165, 1.54) is 10.4 Å². The topological polar surface area (TPSA) is 21.3 Å². The predicted molar refractivity (Wildman–Crippen MR) is 67.4 cm³/mol. The van der Waals surface area contributed by atoms with Gasteiger partial charge < -0.3 is 10.1 Å². The standard InChI is InChI=1S/C13H13NOS/c1-9-4-5-10-12(7-9)15-8-11(14-10)13-3-2-6-16-13/h2-7,11,14H,8H2,1H3/t11-/m1/s1. The molecule has 0 aliphatic carbocycles. The Hall–Kier alpha value is -1.48. The minimum absolute atomic E-state index is 0.287. The first-order valence-electron chi connectivity index (χ1n) is 5.36. The first-order chi connectivity index (χ1) is 7.83. The van der Waals surface area contributed by atoms with Crippen LogP contribution < -0.4 is 10.1 Å². The molecular weight excluding hydrogens is 218 g/mol. The van der Waals surface area contributed by atoms with Gasteiger partial charge >= 0.3 is 0 Å². The van der Waals surface area contributed by atoms with Crippen LogP contribution in [0.2, 0.25) is 0 Å². The first-order valence-corrected chi connectivity index (χ1v) is 6.24. The number of benzene rings is 1. The molecule has 1 aliphatic heterocycles. The van der Waals surface area contributed by atoms with Crippen molar-refractivity contribution in [2.24, 2.45) is 0 Å². The molecule has 82 valence electrons. The lowest BCUT2D eigenvalue weighted by atomic mass is 10.1. The fourth-order valence-electron chi connectivity index (χ4n) is 1.91. The van der Waals surface area contributed by atoms with Crippen LogP contribution >= 0.6 is 11.3 Å². The molecule has 0 spiro atoms. The number of hydrogen-bond donors (Lipinski definition) is 1. The van der Waals surface area contributed by atoms with E-state index in [1.54, 1.807) is 11.3 Å². The fraction of sp³-hybridized carbons (Fsp3) is 0.231. The van der Waals surface area contributed by atoms with Crippen molar-refractivity contribution < 1.29 is 4.74 Å². The van der Waals surface area contributed by atoms with Crippen molar-refractivity contribution in [2.45, 2.75) is 13.0 Å². The van der Waals surface area contributed by atoms with E-state index in [-0.39, 0.29) is 6.04 Å². The lowest BCUT2D eigenvalue weighted by Crippen LogP contribution is -2.23. The molecular formula is C13H13NOS. The molecule has 0 saturated heterocycles. The van der Waals surface area contributed by atoms with Crippen molar-refractivity contribution in [3.63, 3.8) is 0 Å². The second-order valence-electron chi connectivity index (χ2n) is 4.02. The monoisotopic (exact) mass is 231 g/mol. The number of nitrogens with one attached hydrogen (secondary N) is 1. The normalized spacial score (nSPS) is 18.4. The average molecular weight is 231 g/mol. The lowest BCUT2D eigenvalue weighted by Gasteiger charge is -2.27. The van der Waals surface area contributed by atoms with Gasteiger partial charge in [0.25, 0.3) is 0 Å². The van der Waals surface area contributed by atoms with Crippen molar-refractivity contribution in [1.29, 1.82) is 0 Å². The smallest absolute Gasteiger partial charge is 0.142 e. The van der Waals surface area contributed by atoms with Gasteiger partial charge in [0.05, 0.1) is 11.7 Å². The molecule has 16 heavy (non-hydrogen) atoms. The SMILES string of the molecule is Cc1ccc2c(c1)OC[C@H](c1cccs1)N2. The van der Waals surface area contributed by atoms with Gasteiger partial charge in [-0.15, -0.1) is 11.3 Å². The van der Waals surface area contributed by atoms with E-state index in [1.807, 2.05) is 0 Å². The van der Waals surface area contributed by atoms with Crippen LogP contribution in [0.25, 0.3) is 0 Å². The number of anilines is 1. The minimum atomic E-state index is 0.287. The van der Waals surface area contributed by atoms with Gasteiger partial charge in [-0.05, 0) is 36.1 Å². The number of hydrogen-bond acceptors (Lipinski definition) is 3. The number of aryl methyl sites for hydroxylation is 1. The quantitative estimate of drug-likeness (QED) is 0.809. The predicted octanol–water partition coefficient (Wildman–Crippen LogP) is 3.60. The summed E-state index contributed by atoms with van der Waals surface area (Å²) in [5, 5.41) is 5.61. The third-order valence-corrected chi connectivity index (χ3v) is 3.74. The molecule has 3 rings (SSSR count). The van der Waals surface area contributed by atoms with Gasteiger partial charge in [0.15, 0.2) is 0 Å². The molecule has 2 nitrogen and oxygen atoms in total. The van der Waals surface area contributed by atoms with Gasteiger partial charge in [-0.2, -0.15) is 0 Å². The number of fused-ring (bicyclic) bond motifs is 1. The molecule has 0 radical (unpaired) electrons. The minimum Gasteiger partial charge on any atom is -0.489 e. The molecule has 2 heterocycles. The third kappa shape index (κ3) is 1.67. The zero-order chi connectivity index (χ0) is 11.0. The number of thiophene rings is 1. The molecule has 1 atom stereocenters. The maximum absolute atomic E-state index is 5.78. The summed E-state index contributed by atoms with van der Waals surface area (Å²) in [6.45, 7) is 2.78. The first kappa shape index (κ1) is 9.73. The molecule has 0 amide bonds. The van der Waals surface area contributed by atoms with Crippen LogP contribution in [0.3, 0.4) is 0 Å². The van der Waals surface area contributed by atoms with Gasteiger partial charge in [-0.3, -0.25) is 0 Å². The second-order valence-corrected chi connectivity index (χ2v) is 5.00. The van der Waals surface area contributed by atoms with Gasteiger partial charge in [0, 0.05) is 4.88 Å². The van der Waals surface area contributed by atoms with Crippen LogP contribution in [-0.2, 0) is 0 Å². The zero-order valence-corrected chi connectivity index (χ0v) is 9.88. The highest BCUT2D eigenvalue weighted by molar-refractivity contribution is 7.10. The Morgan fingerprint density at radius 3 is 3.12 bits per heavy atom. The summed E-state index contributed by atoms with van der Waals surface area (Å²) < 4.78 is 5.78. The van der Waals surface area contributed by atoms with Crippen molar-refractivity contribution in [3.8, 4) is 5.75 Å². The Bertz CT molecular complexity index is 493. The van der Waals surface area contributed by atoms with Gasteiger partial charge in [0.2, 0.25) is 0 Å². The third-order valence-electron chi connectivity index (χ3n) is 2.76. The molecule has 3 heteroatoms. The molecule has 0 fully saturated rings. The maximum Gasteiger partial charge on any atom is 0.142 e. The molecule has 0 saturated carbocycles. The second kappa shape index (κ2) is 3.83. The van der Waals surface area contributed by atoms with Crippen LogP contribution in [0.15, 0.2) is 35.7 Å². The maximum atomic E-state index is 5.78. The Kier molecular flexibility index (Phi) is 2.33. The van der Waals surface area contributed by atoms with E-state index >= 15 is 0 Å². The molecule has 0 unspecified atom stereocenters. The van der Waals surface area contributed by atoms with Gasteiger partial charge in [0.1, 0.15) is 12.4 Å². The van der Waals surface area contributed by atoms with Crippen LogP contribution in [0.1, 0.15) is 16.5 Å². The summed E-state index contributed by atoms with van der Waals surface area (Å²) >= 11 is 1.76. The van der Waals surface area contributed by atoms with Crippen molar-refractivity contribution >= 4 is 17.0 Å². The van der Waals surface area contributed by atoms with Crippen LogP contribution in [0, 0.1) is 6.92 Å². The van der Waals surface area contributed by atoms with E-state index in [9.17, 15) is 0 Å². The highest BCUT2D eigenvalue weighted by atomic mass is 32.1. The molecule has 1 aliphatic rings. The van der Waals surface area contributed by atoms with Crippen molar-refractivity contribution in [3.05, 3.63) is 46.2 Å². The molecule has 1 aromatic heterocycles. The lowest BCUT2D eigenvalue weighted by molar-refractivity contribution is 0.288. The van der Waals surface area contributed by atoms with Gasteiger partial charge in [-0.25, -0.2) is 0 Å². The van der Waals surface area contributed by atoms with E-state index in [0.717, 1.165) is 11.4 Å².